The molecule has 0 aliphatic carbocycles. The van der Waals surface area contributed by atoms with Crippen LogP contribution in [0, 0.1) is 0 Å². The Bertz CT molecular complexity index is 2000. The van der Waals surface area contributed by atoms with E-state index in [1.165, 1.54) is 26.8 Å². The summed E-state index contributed by atoms with van der Waals surface area (Å²) in [5.74, 6) is -0.144. The molecule has 0 atom stereocenters. The second kappa shape index (κ2) is 12.9. The zero-order valence-electron chi connectivity index (χ0n) is 24.1. The molecule has 0 unspecified atom stereocenters. The van der Waals surface area contributed by atoms with Crippen molar-refractivity contribution in [2.24, 2.45) is 0 Å². The Kier molecular flexibility index (Phi) is 8.66. The lowest BCUT2D eigenvalue weighted by Gasteiger charge is -2.28. The van der Waals surface area contributed by atoms with Gasteiger partial charge in [0.25, 0.3) is 11.8 Å². The van der Waals surface area contributed by atoms with Gasteiger partial charge in [-0.25, -0.2) is 19.0 Å². The second-order valence-corrected chi connectivity index (χ2v) is 14.0. The Balaban J connectivity index is 0.000000147. The number of fused-ring (bicyclic) bond motifs is 4. The second-order valence-electron chi connectivity index (χ2n) is 10.9. The topological polar surface area (TPSA) is 101 Å². The highest BCUT2D eigenvalue weighted by Crippen LogP contribution is 2.28. The lowest BCUT2D eigenvalue weighted by Crippen LogP contribution is -2.36. The first-order valence-electron chi connectivity index (χ1n) is 14.4. The normalized spacial score (nSPS) is 14.1. The predicted molar refractivity (Wildman–Crippen MR) is 184 cm³/mol. The minimum atomic E-state index is -0.0859. The highest BCUT2D eigenvalue weighted by Gasteiger charge is 2.26. The predicted octanol–water partition coefficient (Wildman–Crippen LogP) is 6.80. The van der Waals surface area contributed by atoms with E-state index in [2.05, 4.69) is 80.1 Å². The number of halogens is 4. The molecule has 4 aromatic heterocycles. The smallest absolute Gasteiger partial charge is 0.274 e. The number of carbonyl (C=O) groups excluding carboxylic acids is 2. The summed E-state index contributed by atoms with van der Waals surface area (Å²) in [7, 11) is 0. The molecule has 2 aliphatic heterocycles. The van der Waals surface area contributed by atoms with Crippen LogP contribution in [0.5, 0.6) is 0 Å². The number of aromatic nitrogens is 6. The van der Waals surface area contributed by atoms with Crippen LogP contribution < -0.4 is 0 Å². The number of carbonyl (C=O) groups is 2. The van der Waals surface area contributed by atoms with E-state index in [1.54, 1.807) is 41.4 Å². The summed E-state index contributed by atoms with van der Waals surface area (Å²) in [6.45, 7) is 2.57. The molecule has 0 saturated heterocycles. The van der Waals surface area contributed by atoms with Crippen molar-refractivity contribution in [1.29, 1.82) is 0 Å². The van der Waals surface area contributed by atoms with Gasteiger partial charge >= 0.3 is 0 Å². The van der Waals surface area contributed by atoms with Gasteiger partial charge in [0.1, 0.15) is 0 Å². The van der Waals surface area contributed by atoms with E-state index in [9.17, 15) is 9.59 Å². The Hall–Kier alpha value is -3.65. The van der Waals surface area contributed by atoms with Crippen molar-refractivity contribution >= 4 is 82.5 Å². The monoisotopic (exact) mass is 824 g/mol. The maximum atomic E-state index is 12.7. The Morgan fingerprint density at radius 1 is 0.696 bits per heavy atom. The molecule has 6 aromatic rings. The number of rotatable bonds is 2. The van der Waals surface area contributed by atoms with Gasteiger partial charge in [0.2, 0.25) is 0 Å². The number of amides is 2. The summed E-state index contributed by atoms with van der Waals surface area (Å²) in [5, 5.41) is 9.12. The van der Waals surface area contributed by atoms with Crippen LogP contribution in [0.2, 0.25) is 5.02 Å². The molecule has 0 spiro atoms. The summed E-state index contributed by atoms with van der Waals surface area (Å²) in [6.07, 6.45) is 8.35. The van der Waals surface area contributed by atoms with E-state index < -0.39 is 0 Å². The van der Waals surface area contributed by atoms with Gasteiger partial charge in [-0.3, -0.25) is 9.59 Å². The molecule has 10 nitrogen and oxygen atoms in total. The van der Waals surface area contributed by atoms with Crippen LogP contribution in [0.4, 0.5) is 0 Å². The van der Waals surface area contributed by atoms with Crippen LogP contribution in [-0.4, -0.2) is 63.9 Å². The largest absolute Gasteiger partial charge is 0.333 e. The van der Waals surface area contributed by atoms with Crippen molar-refractivity contribution in [3.8, 4) is 0 Å². The highest BCUT2D eigenvalue weighted by molar-refractivity contribution is 9.11. The molecule has 0 radical (unpaired) electrons. The molecule has 14 heteroatoms. The minimum Gasteiger partial charge on any atom is -0.333 e. The molecule has 46 heavy (non-hydrogen) atoms. The van der Waals surface area contributed by atoms with Crippen molar-refractivity contribution in [1.82, 2.24) is 39.0 Å². The zero-order valence-corrected chi connectivity index (χ0v) is 29.6. The number of benzene rings is 2. The molecular weight excluding hydrogens is 804 g/mol. The lowest BCUT2D eigenvalue weighted by atomic mass is 10.00. The molecular formula is C32H24Br3ClN8O2. The van der Waals surface area contributed by atoms with Crippen LogP contribution >= 0.6 is 59.4 Å². The van der Waals surface area contributed by atoms with Crippen LogP contribution in [0.15, 0.2) is 86.7 Å². The molecule has 0 fully saturated rings. The molecule has 232 valence electrons. The molecule has 6 heterocycles. The van der Waals surface area contributed by atoms with Crippen molar-refractivity contribution in [3.05, 3.63) is 125 Å². The van der Waals surface area contributed by atoms with E-state index in [0.29, 0.717) is 53.9 Å². The van der Waals surface area contributed by atoms with Gasteiger partial charge < -0.3 is 9.80 Å². The van der Waals surface area contributed by atoms with Gasteiger partial charge in [-0.1, -0.05) is 67.7 Å². The number of nitrogens with zero attached hydrogens (tertiary/aromatic N) is 8. The molecule has 0 saturated carbocycles. The standard InChI is InChI=1S/C16H12Br2N4O.C16H12BrClN4O/c17-11-7-19-15-6-14(20-22(15)9-11)16(23)21-5-4-12-10(8-21)2-1-3-13(12)18;17-13-3-1-2-10-8-21(5-4-12(10)13)16(23)14-6-15-19-7-11(18)9-22(15)20-14/h2*1-3,6-7,9H,4-5,8H2. The minimum absolute atomic E-state index is 0.0581. The van der Waals surface area contributed by atoms with E-state index in [1.807, 2.05) is 34.1 Å². The third-order valence-electron chi connectivity index (χ3n) is 7.99. The summed E-state index contributed by atoms with van der Waals surface area (Å²) in [5.41, 5.74) is 7.01. The van der Waals surface area contributed by atoms with Crippen molar-refractivity contribution < 1.29 is 9.59 Å². The molecule has 0 N–H and O–H groups in total. The quantitative estimate of drug-likeness (QED) is 0.191. The van der Waals surface area contributed by atoms with Crippen LogP contribution in [0.25, 0.3) is 11.3 Å². The van der Waals surface area contributed by atoms with Gasteiger partial charge in [-0.05, 0) is 63.2 Å². The molecule has 2 aromatic carbocycles. The first kappa shape index (κ1) is 31.0. The highest BCUT2D eigenvalue weighted by atomic mass is 79.9. The fourth-order valence-corrected chi connectivity index (χ4v) is 7.36. The lowest BCUT2D eigenvalue weighted by molar-refractivity contribution is 0.0721. The van der Waals surface area contributed by atoms with Crippen LogP contribution in [-0.2, 0) is 25.9 Å². The summed E-state index contributed by atoms with van der Waals surface area (Å²) in [4.78, 5) is 37.6. The first-order chi connectivity index (χ1) is 22.2. The molecule has 8 rings (SSSR count). The van der Waals surface area contributed by atoms with Crippen molar-refractivity contribution in [3.63, 3.8) is 0 Å². The zero-order chi connectivity index (χ0) is 31.9. The van der Waals surface area contributed by atoms with Gasteiger partial charge in [0, 0.05) is 65.8 Å². The number of hydrogen-bond donors (Lipinski definition) is 0. The third kappa shape index (κ3) is 6.20. The Morgan fingerprint density at radius 2 is 1.20 bits per heavy atom. The molecule has 2 aliphatic rings. The summed E-state index contributed by atoms with van der Waals surface area (Å²) >= 11 is 16.4. The fraction of sp³-hybridized carbons (Fsp3) is 0.188. The van der Waals surface area contributed by atoms with Gasteiger partial charge in [-0.15, -0.1) is 0 Å². The maximum absolute atomic E-state index is 12.7. The first-order valence-corrected chi connectivity index (χ1v) is 17.1. The summed E-state index contributed by atoms with van der Waals surface area (Å²) in [6, 6.07) is 15.6. The van der Waals surface area contributed by atoms with E-state index in [4.69, 9.17) is 11.6 Å². The van der Waals surface area contributed by atoms with E-state index >= 15 is 0 Å². The van der Waals surface area contributed by atoms with E-state index in [-0.39, 0.29) is 11.8 Å². The van der Waals surface area contributed by atoms with E-state index in [0.717, 1.165) is 26.3 Å². The van der Waals surface area contributed by atoms with Gasteiger partial charge in [-0.2, -0.15) is 10.2 Å². The Labute approximate surface area is 293 Å². The molecule has 0 bridgehead atoms. The number of hydrogen-bond acceptors (Lipinski definition) is 6. The summed E-state index contributed by atoms with van der Waals surface area (Å²) < 4.78 is 6.19. The Morgan fingerprint density at radius 3 is 1.74 bits per heavy atom. The molecule has 2 amide bonds. The average Bonchev–Trinajstić information content (AvgIpc) is 3.68. The van der Waals surface area contributed by atoms with Gasteiger partial charge in [0.05, 0.1) is 15.7 Å². The van der Waals surface area contributed by atoms with Crippen LogP contribution in [0.1, 0.15) is 43.2 Å². The fourth-order valence-electron chi connectivity index (χ4n) is 5.71. The van der Waals surface area contributed by atoms with Crippen molar-refractivity contribution in [2.75, 3.05) is 13.1 Å². The maximum Gasteiger partial charge on any atom is 0.274 e. The average molecular weight is 828 g/mol. The third-order valence-corrected chi connectivity index (χ3v) is 10.1. The van der Waals surface area contributed by atoms with Gasteiger partial charge in [0.15, 0.2) is 22.7 Å². The van der Waals surface area contributed by atoms with Crippen LogP contribution in [0.3, 0.4) is 0 Å². The van der Waals surface area contributed by atoms with Crippen molar-refractivity contribution in [2.45, 2.75) is 25.9 Å². The SMILES string of the molecule is O=C(c1cc2ncc(Br)cn2n1)N1CCc2c(Br)cccc2C1.O=C(c1cc2ncc(Cl)cn2n1)N1CCc2c(Br)cccc2C1.